The SMILES string of the molecule is COc1ccc(-c2ncc3c(n2)CCN(C(=O)Nc2cccc(C(C)=O)c2)C3)cc1. The van der Waals surface area contributed by atoms with Crippen molar-refractivity contribution >= 4 is 17.5 Å². The molecule has 2 aromatic carbocycles. The summed E-state index contributed by atoms with van der Waals surface area (Å²) >= 11 is 0. The lowest BCUT2D eigenvalue weighted by atomic mass is 10.1. The van der Waals surface area contributed by atoms with Gasteiger partial charge in [-0.1, -0.05) is 12.1 Å². The summed E-state index contributed by atoms with van der Waals surface area (Å²) in [7, 11) is 1.63. The molecule has 1 aromatic heterocycles. The van der Waals surface area contributed by atoms with E-state index in [-0.39, 0.29) is 11.8 Å². The average molecular weight is 402 g/mol. The third-order valence-corrected chi connectivity index (χ3v) is 5.09. The van der Waals surface area contributed by atoms with Crippen molar-refractivity contribution < 1.29 is 14.3 Å². The first-order chi connectivity index (χ1) is 14.5. The second-order valence-corrected chi connectivity index (χ2v) is 7.13. The van der Waals surface area contributed by atoms with Gasteiger partial charge in [-0.2, -0.15) is 0 Å². The number of hydrogen-bond acceptors (Lipinski definition) is 5. The largest absolute Gasteiger partial charge is 0.497 e. The van der Waals surface area contributed by atoms with Crippen molar-refractivity contribution in [2.24, 2.45) is 0 Å². The number of Topliss-reactive ketones (excluding diaryl/α,β-unsaturated/α-hetero) is 1. The zero-order valence-electron chi connectivity index (χ0n) is 16.9. The summed E-state index contributed by atoms with van der Waals surface area (Å²) in [4.78, 5) is 35.1. The zero-order chi connectivity index (χ0) is 21.1. The van der Waals surface area contributed by atoms with Crippen LogP contribution in [0.3, 0.4) is 0 Å². The molecule has 3 aromatic rings. The Bertz CT molecular complexity index is 1100. The number of anilines is 1. The molecule has 0 atom stereocenters. The number of hydrogen-bond donors (Lipinski definition) is 1. The maximum Gasteiger partial charge on any atom is 0.322 e. The maximum absolute atomic E-state index is 12.7. The highest BCUT2D eigenvalue weighted by Crippen LogP contribution is 2.23. The van der Waals surface area contributed by atoms with Crippen molar-refractivity contribution in [1.29, 1.82) is 0 Å². The number of methoxy groups -OCH3 is 1. The molecule has 1 aliphatic rings. The van der Waals surface area contributed by atoms with Crippen molar-refractivity contribution in [3.63, 3.8) is 0 Å². The molecular weight excluding hydrogens is 380 g/mol. The van der Waals surface area contributed by atoms with Gasteiger partial charge in [-0.25, -0.2) is 14.8 Å². The zero-order valence-corrected chi connectivity index (χ0v) is 16.9. The molecule has 0 bridgehead atoms. The smallest absolute Gasteiger partial charge is 0.322 e. The molecule has 0 saturated carbocycles. The second kappa shape index (κ2) is 8.32. The van der Waals surface area contributed by atoms with Gasteiger partial charge in [0.05, 0.1) is 19.3 Å². The van der Waals surface area contributed by atoms with Crippen LogP contribution >= 0.6 is 0 Å². The van der Waals surface area contributed by atoms with Crippen LogP contribution in [0.25, 0.3) is 11.4 Å². The minimum atomic E-state index is -0.208. The Morgan fingerprint density at radius 3 is 2.67 bits per heavy atom. The molecule has 4 rings (SSSR count). The number of nitrogens with one attached hydrogen (secondary N) is 1. The number of ether oxygens (including phenoxy) is 1. The minimum absolute atomic E-state index is 0.0391. The first-order valence-corrected chi connectivity index (χ1v) is 9.69. The Kier molecular flexibility index (Phi) is 5.43. The van der Waals surface area contributed by atoms with E-state index in [1.807, 2.05) is 24.3 Å². The van der Waals surface area contributed by atoms with Crippen LogP contribution in [0.2, 0.25) is 0 Å². The third kappa shape index (κ3) is 4.15. The molecule has 0 fully saturated rings. The van der Waals surface area contributed by atoms with Gasteiger partial charge in [-0.3, -0.25) is 4.79 Å². The van der Waals surface area contributed by atoms with Crippen LogP contribution in [0.1, 0.15) is 28.5 Å². The van der Waals surface area contributed by atoms with Crippen LogP contribution in [-0.2, 0) is 13.0 Å². The van der Waals surface area contributed by atoms with E-state index >= 15 is 0 Å². The summed E-state index contributed by atoms with van der Waals surface area (Å²) in [5, 5.41) is 2.87. The molecule has 2 heterocycles. The Balaban J connectivity index is 1.46. The highest BCUT2D eigenvalue weighted by Gasteiger charge is 2.23. The van der Waals surface area contributed by atoms with E-state index in [0.717, 1.165) is 22.6 Å². The topological polar surface area (TPSA) is 84.4 Å². The Labute approximate surface area is 174 Å². The summed E-state index contributed by atoms with van der Waals surface area (Å²) in [6, 6.07) is 14.3. The molecule has 7 heteroatoms. The van der Waals surface area contributed by atoms with Gasteiger partial charge in [0.1, 0.15) is 5.75 Å². The molecular formula is C23H22N4O3. The molecule has 0 unspecified atom stereocenters. The molecule has 152 valence electrons. The van der Waals surface area contributed by atoms with Crippen molar-refractivity contribution in [2.75, 3.05) is 19.0 Å². The fourth-order valence-corrected chi connectivity index (χ4v) is 3.39. The number of ketones is 1. The number of nitrogens with zero attached hydrogens (tertiary/aromatic N) is 3. The van der Waals surface area contributed by atoms with Crippen LogP contribution < -0.4 is 10.1 Å². The van der Waals surface area contributed by atoms with Gasteiger partial charge in [0.2, 0.25) is 0 Å². The normalized spacial score (nSPS) is 12.8. The lowest BCUT2D eigenvalue weighted by Crippen LogP contribution is -2.39. The number of carbonyl (C=O) groups is 2. The van der Waals surface area contributed by atoms with Crippen molar-refractivity contribution in [3.05, 3.63) is 71.5 Å². The van der Waals surface area contributed by atoms with Gasteiger partial charge in [0, 0.05) is 41.5 Å². The van der Waals surface area contributed by atoms with Crippen LogP contribution in [0.5, 0.6) is 5.75 Å². The lowest BCUT2D eigenvalue weighted by molar-refractivity contribution is 0.101. The summed E-state index contributed by atoms with van der Waals surface area (Å²) in [6.45, 7) is 2.50. The highest BCUT2D eigenvalue weighted by atomic mass is 16.5. The van der Waals surface area contributed by atoms with Crippen LogP contribution in [0.15, 0.2) is 54.7 Å². The number of amides is 2. The minimum Gasteiger partial charge on any atom is -0.497 e. The predicted octanol–water partition coefficient (Wildman–Crippen LogP) is 3.95. The van der Waals surface area contributed by atoms with Gasteiger partial charge < -0.3 is 15.0 Å². The summed E-state index contributed by atoms with van der Waals surface area (Å²) in [5.41, 5.74) is 3.98. The molecule has 30 heavy (non-hydrogen) atoms. The Morgan fingerprint density at radius 2 is 1.93 bits per heavy atom. The van der Waals surface area contributed by atoms with E-state index in [1.54, 1.807) is 42.5 Å². The quantitative estimate of drug-likeness (QED) is 0.668. The Morgan fingerprint density at radius 1 is 1.13 bits per heavy atom. The maximum atomic E-state index is 12.7. The summed E-state index contributed by atoms with van der Waals surface area (Å²) in [5.74, 6) is 1.41. The van der Waals surface area contributed by atoms with E-state index in [1.165, 1.54) is 6.92 Å². The molecule has 0 saturated heterocycles. The van der Waals surface area contributed by atoms with Crippen LogP contribution in [0, 0.1) is 0 Å². The van der Waals surface area contributed by atoms with Crippen molar-refractivity contribution in [2.45, 2.75) is 19.9 Å². The number of rotatable bonds is 4. The number of fused-ring (bicyclic) bond motifs is 1. The monoisotopic (exact) mass is 402 g/mol. The van der Waals surface area contributed by atoms with E-state index < -0.39 is 0 Å². The molecule has 7 nitrogen and oxygen atoms in total. The summed E-state index contributed by atoms with van der Waals surface area (Å²) < 4.78 is 5.19. The molecule has 0 aliphatic carbocycles. The first-order valence-electron chi connectivity index (χ1n) is 9.69. The van der Waals surface area contributed by atoms with E-state index in [0.29, 0.717) is 36.6 Å². The van der Waals surface area contributed by atoms with Gasteiger partial charge >= 0.3 is 6.03 Å². The fraction of sp³-hybridized carbons (Fsp3) is 0.217. The fourth-order valence-electron chi connectivity index (χ4n) is 3.39. The molecule has 0 spiro atoms. The number of urea groups is 1. The van der Waals surface area contributed by atoms with E-state index in [2.05, 4.69) is 10.3 Å². The van der Waals surface area contributed by atoms with Crippen LogP contribution in [-0.4, -0.2) is 40.3 Å². The average Bonchev–Trinajstić information content (AvgIpc) is 2.78. The number of carbonyl (C=O) groups excluding carboxylic acids is 2. The highest BCUT2D eigenvalue weighted by molar-refractivity contribution is 5.96. The van der Waals surface area contributed by atoms with Crippen molar-refractivity contribution in [1.82, 2.24) is 14.9 Å². The predicted molar refractivity (Wildman–Crippen MR) is 114 cm³/mol. The van der Waals surface area contributed by atoms with Gasteiger partial charge in [0.25, 0.3) is 0 Å². The standard InChI is InChI=1S/C23H22N4O3/c1-15(28)17-4-3-5-19(12-17)25-23(29)27-11-10-21-18(14-27)13-24-22(26-21)16-6-8-20(30-2)9-7-16/h3-9,12-13H,10-11,14H2,1-2H3,(H,25,29). The van der Waals surface area contributed by atoms with Gasteiger partial charge in [-0.05, 0) is 43.3 Å². The molecule has 1 aliphatic heterocycles. The lowest BCUT2D eigenvalue weighted by Gasteiger charge is -2.28. The van der Waals surface area contributed by atoms with Gasteiger partial charge in [-0.15, -0.1) is 0 Å². The van der Waals surface area contributed by atoms with E-state index in [9.17, 15) is 9.59 Å². The van der Waals surface area contributed by atoms with Crippen LogP contribution in [0.4, 0.5) is 10.5 Å². The number of benzene rings is 2. The number of aromatic nitrogens is 2. The second-order valence-electron chi connectivity index (χ2n) is 7.13. The molecule has 1 N–H and O–H groups in total. The summed E-state index contributed by atoms with van der Waals surface area (Å²) in [6.07, 6.45) is 2.44. The Hall–Kier alpha value is -3.74. The first kappa shape index (κ1) is 19.6. The molecule has 0 radical (unpaired) electrons. The third-order valence-electron chi connectivity index (χ3n) is 5.09. The van der Waals surface area contributed by atoms with Gasteiger partial charge in [0.15, 0.2) is 11.6 Å². The van der Waals surface area contributed by atoms with E-state index in [4.69, 9.17) is 9.72 Å². The molecule has 2 amide bonds. The van der Waals surface area contributed by atoms with Crippen molar-refractivity contribution in [3.8, 4) is 17.1 Å².